The Labute approximate surface area is 143 Å². The molecule has 2 aromatic heterocycles. The molecule has 0 saturated carbocycles. The van der Waals surface area contributed by atoms with Gasteiger partial charge in [-0.3, -0.25) is 9.78 Å². The molecule has 1 aliphatic rings. The number of anilines is 1. The Morgan fingerprint density at radius 2 is 2.24 bits per heavy atom. The number of rotatable bonds is 3. The fourth-order valence-electron chi connectivity index (χ4n) is 2.67. The normalized spacial score (nSPS) is 13.0. The van der Waals surface area contributed by atoms with Crippen LogP contribution in [0.2, 0.25) is 0 Å². The molecule has 0 radical (unpaired) electrons. The predicted octanol–water partition coefficient (Wildman–Crippen LogP) is 0.347. The van der Waals surface area contributed by atoms with E-state index in [0.29, 0.717) is 29.3 Å². The van der Waals surface area contributed by atoms with Crippen molar-refractivity contribution in [3.05, 3.63) is 54.0 Å². The maximum Gasteiger partial charge on any atom is 0.491 e. The third-order valence-electron chi connectivity index (χ3n) is 3.93. The molecule has 0 unspecified atom stereocenters. The lowest BCUT2D eigenvalue weighted by molar-refractivity contribution is 0.101. The van der Waals surface area contributed by atoms with Gasteiger partial charge in [0.1, 0.15) is 5.69 Å². The van der Waals surface area contributed by atoms with Gasteiger partial charge in [0.15, 0.2) is 5.82 Å². The molecule has 0 spiro atoms. The van der Waals surface area contributed by atoms with Gasteiger partial charge in [0, 0.05) is 18.9 Å². The Hall–Kier alpha value is -3.04. The van der Waals surface area contributed by atoms with Crippen molar-refractivity contribution in [2.24, 2.45) is 7.05 Å². The molecule has 8 nitrogen and oxygen atoms in total. The maximum absolute atomic E-state index is 12.5. The van der Waals surface area contributed by atoms with E-state index in [2.05, 4.69) is 20.4 Å². The second-order valence-corrected chi connectivity index (χ2v) is 5.63. The van der Waals surface area contributed by atoms with E-state index in [9.17, 15) is 9.82 Å². The molecule has 9 heteroatoms. The molecule has 1 aromatic carbocycles. The Morgan fingerprint density at radius 1 is 1.36 bits per heavy atom. The summed E-state index contributed by atoms with van der Waals surface area (Å²) >= 11 is 0. The molecular weight excluding hydrogens is 321 g/mol. The van der Waals surface area contributed by atoms with Crippen LogP contribution >= 0.6 is 0 Å². The van der Waals surface area contributed by atoms with Crippen LogP contribution in [0.3, 0.4) is 0 Å². The number of fused-ring (bicyclic) bond motifs is 1. The summed E-state index contributed by atoms with van der Waals surface area (Å²) in [5.74, 6) is 0.148. The van der Waals surface area contributed by atoms with Gasteiger partial charge < -0.3 is 15.0 Å². The smallest absolute Gasteiger partial charge is 0.423 e. The van der Waals surface area contributed by atoms with Crippen molar-refractivity contribution in [2.75, 3.05) is 5.32 Å². The van der Waals surface area contributed by atoms with Crippen molar-refractivity contribution < 1.29 is 14.5 Å². The molecule has 3 aromatic rings. The lowest BCUT2D eigenvalue weighted by Crippen LogP contribution is -2.28. The van der Waals surface area contributed by atoms with E-state index >= 15 is 0 Å². The Morgan fingerprint density at radius 3 is 3.04 bits per heavy atom. The van der Waals surface area contributed by atoms with Crippen molar-refractivity contribution in [3.63, 3.8) is 0 Å². The number of amides is 1. The van der Waals surface area contributed by atoms with Crippen LogP contribution in [0.15, 0.2) is 42.6 Å². The minimum Gasteiger partial charge on any atom is -0.423 e. The van der Waals surface area contributed by atoms with Gasteiger partial charge in [-0.2, -0.15) is 0 Å². The number of nitrogens with one attached hydrogen (secondary N) is 1. The first-order valence-corrected chi connectivity index (χ1v) is 7.68. The van der Waals surface area contributed by atoms with Crippen molar-refractivity contribution in [3.8, 4) is 11.5 Å². The van der Waals surface area contributed by atoms with Crippen LogP contribution in [0.4, 0.5) is 5.69 Å². The minimum absolute atomic E-state index is 0.165. The number of aromatic nitrogens is 4. The van der Waals surface area contributed by atoms with Gasteiger partial charge in [0.25, 0.3) is 5.91 Å². The topological polar surface area (TPSA) is 102 Å². The fourth-order valence-corrected chi connectivity index (χ4v) is 2.67. The summed E-state index contributed by atoms with van der Waals surface area (Å²) in [7, 11) is 0.687. The van der Waals surface area contributed by atoms with Crippen LogP contribution in [-0.4, -0.2) is 37.8 Å². The molecule has 1 amide bonds. The summed E-state index contributed by atoms with van der Waals surface area (Å²) in [6, 6.07) is 10.7. The zero-order chi connectivity index (χ0) is 17.4. The molecule has 124 valence electrons. The lowest BCUT2D eigenvalue weighted by Gasteiger charge is -2.06. The number of carbonyl (C=O) groups is 1. The second kappa shape index (κ2) is 6.12. The fraction of sp³-hybridized carbons (Fsp3) is 0.125. The summed E-state index contributed by atoms with van der Waals surface area (Å²) in [4.78, 5) is 21.0. The van der Waals surface area contributed by atoms with Crippen molar-refractivity contribution in [1.29, 1.82) is 0 Å². The second-order valence-electron chi connectivity index (χ2n) is 5.63. The molecule has 4 rings (SSSR count). The van der Waals surface area contributed by atoms with Gasteiger partial charge in [0.05, 0.1) is 6.61 Å². The molecule has 3 heterocycles. The SMILES string of the molecule is Cn1nc(-c2ccccn2)nc1C(=O)Nc1ccc2c(c1)B(O)OC2. The minimum atomic E-state index is -0.961. The lowest BCUT2D eigenvalue weighted by atomic mass is 9.79. The molecule has 0 saturated heterocycles. The third-order valence-corrected chi connectivity index (χ3v) is 3.93. The first-order valence-electron chi connectivity index (χ1n) is 7.68. The molecule has 25 heavy (non-hydrogen) atoms. The third kappa shape index (κ3) is 2.90. The van der Waals surface area contributed by atoms with E-state index in [4.69, 9.17) is 4.65 Å². The van der Waals surface area contributed by atoms with E-state index in [-0.39, 0.29) is 5.82 Å². The highest BCUT2D eigenvalue weighted by Crippen LogP contribution is 2.16. The first kappa shape index (κ1) is 15.5. The summed E-state index contributed by atoms with van der Waals surface area (Å²) in [5, 5.41) is 16.8. The molecular formula is C16H14BN5O3. The summed E-state index contributed by atoms with van der Waals surface area (Å²) in [5.41, 5.74) is 2.71. The van der Waals surface area contributed by atoms with Crippen molar-refractivity contribution in [1.82, 2.24) is 19.7 Å². The molecule has 0 atom stereocenters. The van der Waals surface area contributed by atoms with Gasteiger partial charge in [-0.05, 0) is 35.3 Å². The number of benzene rings is 1. The van der Waals surface area contributed by atoms with Gasteiger partial charge >= 0.3 is 7.12 Å². The zero-order valence-corrected chi connectivity index (χ0v) is 13.4. The molecule has 0 fully saturated rings. The highest BCUT2D eigenvalue weighted by molar-refractivity contribution is 6.61. The maximum atomic E-state index is 12.5. The van der Waals surface area contributed by atoms with Crippen LogP contribution in [0, 0.1) is 0 Å². The summed E-state index contributed by atoms with van der Waals surface area (Å²) < 4.78 is 6.56. The highest BCUT2D eigenvalue weighted by atomic mass is 16.5. The molecule has 1 aliphatic heterocycles. The van der Waals surface area contributed by atoms with E-state index < -0.39 is 13.0 Å². The van der Waals surface area contributed by atoms with Gasteiger partial charge in [-0.25, -0.2) is 9.67 Å². The summed E-state index contributed by atoms with van der Waals surface area (Å²) in [6.07, 6.45) is 1.64. The van der Waals surface area contributed by atoms with Crippen LogP contribution in [-0.2, 0) is 18.3 Å². The molecule has 0 bridgehead atoms. The van der Waals surface area contributed by atoms with Crippen LogP contribution < -0.4 is 10.8 Å². The Kier molecular flexibility index (Phi) is 3.79. The number of carbonyl (C=O) groups excluding carboxylic acids is 1. The highest BCUT2D eigenvalue weighted by Gasteiger charge is 2.27. The predicted molar refractivity (Wildman–Crippen MR) is 91.0 cm³/mol. The monoisotopic (exact) mass is 335 g/mol. The average Bonchev–Trinajstić information content (AvgIpc) is 3.19. The van der Waals surface area contributed by atoms with Gasteiger partial charge in [-0.15, -0.1) is 5.10 Å². The number of pyridine rings is 1. The Bertz CT molecular complexity index is 944. The van der Waals surface area contributed by atoms with Crippen LogP contribution in [0.5, 0.6) is 0 Å². The number of hydrogen-bond donors (Lipinski definition) is 2. The summed E-state index contributed by atoms with van der Waals surface area (Å²) in [6.45, 7) is 0.363. The first-order chi connectivity index (χ1) is 12.1. The van der Waals surface area contributed by atoms with Crippen molar-refractivity contribution in [2.45, 2.75) is 6.61 Å². The van der Waals surface area contributed by atoms with E-state index in [1.54, 1.807) is 37.5 Å². The van der Waals surface area contributed by atoms with E-state index in [1.807, 2.05) is 12.1 Å². The Balaban J connectivity index is 1.58. The van der Waals surface area contributed by atoms with Crippen molar-refractivity contribution >= 4 is 24.2 Å². The number of nitrogens with zero attached hydrogens (tertiary/aromatic N) is 4. The molecule has 2 N–H and O–H groups in total. The largest absolute Gasteiger partial charge is 0.491 e. The van der Waals surface area contributed by atoms with Gasteiger partial charge in [-0.1, -0.05) is 12.1 Å². The number of aryl methyl sites for hydroxylation is 1. The van der Waals surface area contributed by atoms with E-state index in [1.165, 1.54) is 4.68 Å². The van der Waals surface area contributed by atoms with E-state index in [0.717, 1.165) is 5.56 Å². The molecule has 0 aliphatic carbocycles. The van der Waals surface area contributed by atoms with Gasteiger partial charge in [0.2, 0.25) is 5.82 Å². The average molecular weight is 335 g/mol. The zero-order valence-electron chi connectivity index (χ0n) is 13.4. The standard InChI is InChI=1S/C16H14BN5O3/c1-22-15(20-14(21-22)13-4-2-3-7-18-13)16(23)19-11-6-5-10-9-25-17(24)12(10)8-11/h2-8,24H,9H2,1H3,(H,19,23). The van der Waals surface area contributed by atoms with Crippen LogP contribution in [0.25, 0.3) is 11.5 Å². The number of hydrogen-bond acceptors (Lipinski definition) is 6. The van der Waals surface area contributed by atoms with Crippen LogP contribution in [0.1, 0.15) is 16.2 Å². The quantitative estimate of drug-likeness (QED) is 0.670.